The van der Waals surface area contributed by atoms with Gasteiger partial charge < -0.3 is 19.7 Å². The molecule has 3 rings (SSSR count). The molecule has 3 fully saturated rings. The van der Waals surface area contributed by atoms with Crippen molar-refractivity contribution in [2.24, 2.45) is 0 Å². The Hall–Kier alpha value is -1.22. The standard InChI is InChI=1S/C20H36N4O4/c1-17(25)23-7-2-18(3-8-23)24(19-4-12-27-13-5-19)9-6-21-20(26)16-22-10-14-28-15-11-22/h18-19H,2-16H2,1H3,(H,21,26). The van der Waals surface area contributed by atoms with E-state index in [1.807, 2.05) is 4.90 Å². The number of rotatable bonds is 7. The average Bonchev–Trinajstić information content (AvgIpc) is 2.73. The minimum absolute atomic E-state index is 0.0974. The van der Waals surface area contributed by atoms with Crippen molar-refractivity contribution in [3.05, 3.63) is 0 Å². The monoisotopic (exact) mass is 396 g/mol. The lowest BCUT2D eigenvalue weighted by Crippen LogP contribution is -2.53. The number of likely N-dealkylation sites (tertiary alicyclic amines) is 1. The van der Waals surface area contributed by atoms with Gasteiger partial charge in [-0.25, -0.2) is 0 Å². The fraction of sp³-hybridized carbons (Fsp3) is 0.900. The molecule has 0 atom stereocenters. The predicted octanol–water partition coefficient (Wildman–Crippen LogP) is -0.0733. The van der Waals surface area contributed by atoms with E-state index in [0.29, 0.717) is 38.4 Å². The molecule has 0 saturated carbocycles. The van der Waals surface area contributed by atoms with Gasteiger partial charge in [-0.2, -0.15) is 0 Å². The van der Waals surface area contributed by atoms with Gasteiger partial charge in [0.25, 0.3) is 0 Å². The maximum absolute atomic E-state index is 12.3. The SMILES string of the molecule is CC(=O)N1CCC(N(CCNC(=O)CN2CCOCC2)C2CCOCC2)CC1. The molecule has 2 amide bonds. The number of hydrogen-bond acceptors (Lipinski definition) is 6. The van der Waals surface area contributed by atoms with Gasteiger partial charge in [0.1, 0.15) is 0 Å². The van der Waals surface area contributed by atoms with Crippen molar-refractivity contribution in [3.8, 4) is 0 Å². The van der Waals surface area contributed by atoms with Gasteiger partial charge in [-0.1, -0.05) is 0 Å². The Labute approximate surface area is 168 Å². The molecule has 8 nitrogen and oxygen atoms in total. The van der Waals surface area contributed by atoms with Gasteiger partial charge in [0, 0.05) is 71.5 Å². The first-order chi connectivity index (χ1) is 13.6. The molecule has 0 unspecified atom stereocenters. The molecule has 160 valence electrons. The highest BCUT2D eigenvalue weighted by molar-refractivity contribution is 5.78. The van der Waals surface area contributed by atoms with Crippen LogP contribution in [0.3, 0.4) is 0 Å². The zero-order valence-corrected chi connectivity index (χ0v) is 17.2. The lowest BCUT2D eigenvalue weighted by Gasteiger charge is -2.43. The zero-order chi connectivity index (χ0) is 19.8. The zero-order valence-electron chi connectivity index (χ0n) is 17.2. The van der Waals surface area contributed by atoms with Crippen LogP contribution in [0.2, 0.25) is 0 Å². The molecule has 3 saturated heterocycles. The third-order valence-corrected chi connectivity index (χ3v) is 6.20. The summed E-state index contributed by atoms with van der Waals surface area (Å²) in [4.78, 5) is 30.6. The van der Waals surface area contributed by atoms with E-state index in [0.717, 1.165) is 71.6 Å². The Kier molecular flexibility index (Phi) is 8.51. The fourth-order valence-electron chi connectivity index (χ4n) is 4.54. The molecule has 0 spiro atoms. The molecule has 0 radical (unpaired) electrons. The summed E-state index contributed by atoms with van der Waals surface area (Å²) in [5, 5.41) is 3.11. The lowest BCUT2D eigenvalue weighted by molar-refractivity contribution is -0.130. The minimum atomic E-state index is 0.0974. The van der Waals surface area contributed by atoms with Crippen molar-refractivity contribution in [1.29, 1.82) is 0 Å². The molecule has 3 heterocycles. The number of piperidine rings is 1. The number of morpholine rings is 1. The maximum atomic E-state index is 12.3. The van der Waals surface area contributed by atoms with Crippen molar-refractivity contribution < 1.29 is 19.1 Å². The first kappa shape index (κ1) is 21.5. The van der Waals surface area contributed by atoms with Crippen LogP contribution in [0.1, 0.15) is 32.6 Å². The second-order valence-corrected chi connectivity index (χ2v) is 8.06. The number of amides is 2. The highest BCUT2D eigenvalue weighted by atomic mass is 16.5. The van der Waals surface area contributed by atoms with Crippen LogP contribution in [0.5, 0.6) is 0 Å². The smallest absolute Gasteiger partial charge is 0.234 e. The van der Waals surface area contributed by atoms with E-state index in [9.17, 15) is 9.59 Å². The van der Waals surface area contributed by atoms with Gasteiger partial charge in [0.15, 0.2) is 0 Å². The summed E-state index contributed by atoms with van der Waals surface area (Å²) >= 11 is 0. The number of carbonyl (C=O) groups is 2. The van der Waals surface area contributed by atoms with Gasteiger partial charge in [-0.3, -0.25) is 19.4 Å². The van der Waals surface area contributed by atoms with E-state index in [1.165, 1.54) is 0 Å². The van der Waals surface area contributed by atoms with Crippen molar-refractivity contribution in [2.75, 3.05) is 72.2 Å². The van der Waals surface area contributed by atoms with E-state index in [-0.39, 0.29) is 11.8 Å². The highest BCUT2D eigenvalue weighted by Gasteiger charge is 2.31. The van der Waals surface area contributed by atoms with Crippen LogP contribution in [0, 0.1) is 0 Å². The van der Waals surface area contributed by atoms with Crippen LogP contribution >= 0.6 is 0 Å². The number of nitrogens with zero attached hydrogens (tertiary/aromatic N) is 3. The summed E-state index contributed by atoms with van der Waals surface area (Å²) in [6, 6.07) is 0.994. The summed E-state index contributed by atoms with van der Waals surface area (Å²) < 4.78 is 10.9. The Morgan fingerprint density at radius 3 is 2.18 bits per heavy atom. The summed E-state index contributed by atoms with van der Waals surface area (Å²) in [6.45, 7) is 10.0. The van der Waals surface area contributed by atoms with Gasteiger partial charge in [-0.05, 0) is 25.7 Å². The second kappa shape index (κ2) is 11.1. The van der Waals surface area contributed by atoms with E-state index in [2.05, 4.69) is 15.1 Å². The molecule has 0 aromatic carbocycles. The van der Waals surface area contributed by atoms with E-state index >= 15 is 0 Å². The van der Waals surface area contributed by atoms with Gasteiger partial charge in [0.05, 0.1) is 19.8 Å². The summed E-state index contributed by atoms with van der Waals surface area (Å²) in [5.41, 5.74) is 0. The number of ether oxygens (including phenoxy) is 2. The molecule has 1 N–H and O–H groups in total. The molecular formula is C20H36N4O4. The first-order valence-corrected chi connectivity index (χ1v) is 10.8. The summed E-state index contributed by atoms with van der Waals surface area (Å²) in [7, 11) is 0. The Morgan fingerprint density at radius 1 is 0.929 bits per heavy atom. The topological polar surface area (TPSA) is 74.4 Å². The molecule has 0 aromatic rings. The Bertz CT molecular complexity index is 498. The fourth-order valence-corrected chi connectivity index (χ4v) is 4.54. The van der Waals surface area contributed by atoms with E-state index in [1.54, 1.807) is 6.92 Å². The van der Waals surface area contributed by atoms with Gasteiger partial charge in [-0.15, -0.1) is 0 Å². The van der Waals surface area contributed by atoms with Gasteiger partial charge >= 0.3 is 0 Å². The quantitative estimate of drug-likeness (QED) is 0.649. The third kappa shape index (κ3) is 6.40. The Balaban J connectivity index is 1.46. The van der Waals surface area contributed by atoms with E-state index < -0.39 is 0 Å². The Morgan fingerprint density at radius 2 is 1.54 bits per heavy atom. The van der Waals surface area contributed by atoms with Gasteiger partial charge in [0.2, 0.25) is 11.8 Å². The average molecular weight is 397 g/mol. The normalized spacial score (nSPS) is 23.1. The molecular weight excluding hydrogens is 360 g/mol. The number of nitrogens with one attached hydrogen (secondary N) is 1. The molecule has 28 heavy (non-hydrogen) atoms. The first-order valence-electron chi connectivity index (χ1n) is 10.8. The molecule has 3 aliphatic heterocycles. The van der Waals surface area contributed by atoms with Crippen molar-refractivity contribution in [3.63, 3.8) is 0 Å². The van der Waals surface area contributed by atoms with Crippen molar-refractivity contribution >= 4 is 11.8 Å². The predicted molar refractivity (Wildman–Crippen MR) is 106 cm³/mol. The lowest BCUT2D eigenvalue weighted by atomic mass is 9.98. The van der Waals surface area contributed by atoms with E-state index in [4.69, 9.17) is 9.47 Å². The number of hydrogen-bond donors (Lipinski definition) is 1. The molecule has 8 heteroatoms. The summed E-state index contributed by atoms with van der Waals surface area (Å²) in [5.74, 6) is 0.270. The van der Waals surface area contributed by atoms with Crippen molar-refractivity contribution in [1.82, 2.24) is 20.0 Å². The molecule has 0 aliphatic carbocycles. The molecule has 0 aromatic heterocycles. The van der Waals surface area contributed by atoms with Crippen molar-refractivity contribution in [2.45, 2.75) is 44.7 Å². The van der Waals surface area contributed by atoms with Crippen LogP contribution in [-0.2, 0) is 19.1 Å². The summed E-state index contributed by atoms with van der Waals surface area (Å²) in [6.07, 6.45) is 4.13. The maximum Gasteiger partial charge on any atom is 0.234 e. The largest absolute Gasteiger partial charge is 0.381 e. The minimum Gasteiger partial charge on any atom is -0.381 e. The van der Waals surface area contributed by atoms with Crippen LogP contribution in [-0.4, -0.2) is 111 Å². The number of carbonyl (C=O) groups excluding carboxylic acids is 2. The molecule has 0 bridgehead atoms. The third-order valence-electron chi connectivity index (χ3n) is 6.20. The van der Waals surface area contributed by atoms with Crippen LogP contribution < -0.4 is 5.32 Å². The van der Waals surface area contributed by atoms with Crippen LogP contribution in [0.25, 0.3) is 0 Å². The highest BCUT2D eigenvalue weighted by Crippen LogP contribution is 2.23. The van der Waals surface area contributed by atoms with Crippen LogP contribution in [0.4, 0.5) is 0 Å². The second-order valence-electron chi connectivity index (χ2n) is 8.06. The van der Waals surface area contributed by atoms with Crippen LogP contribution in [0.15, 0.2) is 0 Å². The molecule has 3 aliphatic rings.